The second-order valence-electron chi connectivity index (χ2n) is 4.13. The molecule has 1 fully saturated rings. The summed E-state index contributed by atoms with van der Waals surface area (Å²) in [5.74, 6) is 0.636. The van der Waals surface area contributed by atoms with Gasteiger partial charge < -0.3 is 5.32 Å². The van der Waals surface area contributed by atoms with Crippen LogP contribution in [0.1, 0.15) is 24.0 Å². The molecule has 1 heterocycles. The van der Waals surface area contributed by atoms with Crippen molar-refractivity contribution < 1.29 is 14.4 Å². The third-order valence-electron chi connectivity index (χ3n) is 3.02. The summed E-state index contributed by atoms with van der Waals surface area (Å²) in [7, 11) is 0. The molecule has 1 aliphatic rings. The van der Waals surface area contributed by atoms with E-state index in [-0.39, 0.29) is 18.0 Å². The first kappa shape index (κ1) is 13.1. The molecule has 1 aromatic rings. The molecule has 2 atom stereocenters. The molecule has 1 amide bonds. The van der Waals surface area contributed by atoms with Crippen molar-refractivity contribution in [3.8, 4) is 0 Å². The summed E-state index contributed by atoms with van der Waals surface area (Å²) in [5.41, 5.74) is 2.53. The Balaban J connectivity index is 0.000000437. The van der Waals surface area contributed by atoms with Gasteiger partial charge in [0.1, 0.15) is 0 Å². The van der Waals surface area contributed by atoms with E-state index in [0.717, 1.165) is 6.54 Å². The molecular formula is C13H15NO3. The Kier molecular flexibility index (Phi) is 4.61. The highest BCUT2D eigenvalue weighted by Gasteiger charge is 2.31. The quantitative estimate of drug-likeness (QED) is 0.794. The standard InChI is InChI=1S/C12H15NO.CO2/c1-8-3-5-10(6-4-8)11-7-13-12(14)9(11)2;2-1-3/h3-6,9,11H,7H2,1-2H3,(H,13,14);/t9-,11?;/m0./s1. The van der Waals surface area contributed by atoms with E-state index in [4.69, 9.17) is 9.59 Å². The Morgan fingerprint density at radius 1 is 1.24 bits per heavy atom. The zero-order chi connectivity index (χ0) is 12.8. The zero-order valence-corrected chi connectivity index (χ0v) is 9.90. The molecule has 1 aromatic carbocycles. The lowest BCUT2D eigenvalue weighted by Gasteiger charge is -2.12. The summed E-state index contributed by atoms with van der Waals surface area (Å²) in [6.07, 6.45) is 0.250. The predicted octanol–water partition coefficient (Wildman–Crippen LogP) is 1.26. The molecule has 2 rings (SSSR count). The SMILES string of the molecule is Cc1ccc(C2CNC(=O)[C@H]2C)cc1.O=C=O. The number of carbonyl (C=O) groups excluding carboxylic acids is 3. The van der Waals surface area contributed by atoms with Gasteiger partial charge in [-0.1, -0.05) is 36.8 Å². The highest BCUT2D eigenvalue weighted by molar-refractivity contribution is 5.81. The Hall–Kier alpha value is -1.93. The minimum atomic E-state index is 0.109. The Morgan fingerprint density at radius 3 is 2.18 bits per heavy atom. The minimum absolute atomic E-state index is 0.109. The van der Waals surface area contributed by atoms with Crippen LogP contribution in [0.5, 0.6) is 0 Å². The summed E-state index contributed by atoms with van der Waals surface area (Å²) in [6.45, 7) is 4.85. The van der Waals surface area contributed by atoms with Crippen molar-refractivity contribution in [2.75, 3.05) is 6.54 Å². The molecule has 0 radical (unpaired) electrons. The molecule has 4 nitrogen and oxygen atoms in total. The van der Waals surface area contributed by atoms with Crippen molar-refractivity contribution >= 4 is 12.1 Å². The lowest BCUT2D eigenvalue weighted by Crippen LogP contribution is -2.16. The lowest BCUT2D eigenvalue weighted by atomic mass is 9.90. The number of aryl methyl sites for hydroxylation is 1. The normalized spacial score (nSPS) is 22.1. The van der Waals surface area contributed by atoms with Crippen LogP contribution in [-0.2, 0) is 14.4 Å². The molecule has 0 spiro atoms. The monoisotopic (exact) mass is 233 g/mol. The van der Waals surface area contributed by atoms with E-state index in [9.17, 15) is 4.79 Å². The molecule has 1 aliphatic heterocycles. The summed E-state index contributed by atoms with van der Waals surface area (Å²) in [4.78, 5) is 27.6. The second-order valence-corrected chi connectivity index (χ2v) is 4.13. The second kappa shape index (κ2) is 5.97. The Morgan fingerprint density at radius 2 is 1.76 bits per heavy atom. The van der Waals surface area contributed by atoms with Crippen LogP contribution in [0, 0.1) is 12.8 Å². The van der Waals surface area contributed by atoms with Crippen LogP contribution in [-0.4, -0.2) is 18.6 Å². The van der Waals surface area contributed by atoms with Gasteiger partial charge in [-0.25, -0.2) is 0 Å². The minimum Gasteiger partial charge on any atom is -0.355 e. The molecule has 0 saturated carbocycles. The number of carbonyl (C=O) groups is 1. The first-order valence-corrected chi connectivity index (χ1v) is 5.43. The van der Waals surface area contributed by atoms with Gasteiger partial charge in [0.2, 0.25) is 5.91 Å². The third kappa shape index (κ3) is 3.26. The maximum absolute atomic E-state index is 11.3. The van der Waals surface area contributed by atoms with Crippen molar-refractivity contribution in [3.05, 3.63) is 35.4 Å². The lowest BCUT2D eigenvalue weighted by molar-refractivity contribution is -0.191. The van der Waals surface area contributed by atoms with E-state index in [1.54, 1.807) is 0 Å². The van der Waals surface area contributed by atoms with Crippen LogP contribution in [0.4, 0.5) is 0 Å². The molecule has 1 saturated heterocycles. The largest absolute Gasteiger partial charge is 0.373 e. The van der Waals surface area contributed by atoms with Crippen LogP contribution in [0.3, 0.4) is 0 Å². The summed E-state index contributed by atoms with van der Waals surface area (Å²) < 4.78 is 0. The number of benzene rings is 1. The number of rotatable bonds is 1. The molecule has 0 bridgehead atoms. The molecular weight excluding hydrogens is 218 g/mol. The van der Waals surface area contributed by atoms with Gasteiger partial charge in [0.25, 0.3) is 0 Å². The molecule has 0 aromatic heterocycles. The van der Waals surface area contributed by atoms with E-state index in [1.807, 2.05) is 6.92 Å². The van der Waals surface area contributed by atoms with Crippen molar-refractivity contribution in [1.29, 1.82) is 0 Å². The topological polar surface area (TPSA) is 63.2 Å². The van der Waals surface area contributed by atoms with Gasteiger partial charge in [0, 0.05) is 18.4 Å². The van der Waals surface area contributed by atoms with Gasteiger partial charge in [0.05, 0.1) is 0 Å². The molecule has 0 aliphatic carbocycles. The van der Waals surface area contributed by atoms with Gasteiger partial charge >= 0.3 is 6.15 Å². The highest BCUT2D eigenvalue weighted by atomic mass is 16.2. The number of hydrogen-bond acceptors (Lipinski definition) is 3. The highest BCUT2D eigenvalue weighted by Crippen LogP contribution is 2.28. The summed E-state index contributed by atoms with van der Waals surface area (Å²) in [5, 5.41) is 2.89. The van der Waals surface area contributed by atoms with Gasteiger partial charge in [-0.2, -0.15) is 9.59 Å². The molecule has 4 heteroatoms. The average Bonchev–Trinajstić information content (AvgIpc) is 2.63. The average molecular weight is 233 g/mol. The van der Waals surface area contributed by atoms with Gasteiger partial charge in [-0.05, 0) is 12.5 Å². The van der Waals surface area contributed by atoms with Crippen LogP contribution in [0.25, 0.3) is 0 Å². The van der Waals surface area contributed by atoms with Crippen LogP contribution < -0.4 is 5.32 Å². The summed E-state index contributed by atoms with van der Waals surface area (Å²) in [6, 6.07) is 8.45. The number of amides is 1. The van der Waals surface area contributed by atoms with E-state index >= 15 is 0 Å². The van der Waals surface area contributed by atoms with E-state index in [0.29, 0.717) is 5.92 Å². The fraction of sp³-hybridized carbons (Fsp3) is 0.385. The maximum Gasteiger partial charge on any atom is 0.373 e. The maximum atomic E-state index is 11.3. The van der Waals surface area contributed by atoms with Crippen molar-refractivity contribution in [2.45, 2.75) is 19.8 Å². The van der Waals surface area contributed by atoms with E-state index in [1.165, 1.54) is 11.1 Å². The van der Waals surface area contributed by atoms with Crippen LogP contribution >= 0.6 is 0 Å². The molecule has 1 unspecified atom stereocenters. The van der Waals surface area contributed by atoms with Gasteiger partial charge in [-0.15, -0.1) is 0 Å². The molecule has 90 valence electrons. The Labute approximate surface area is 100 Å². The third-order valence-corrected chi connectivity index (χ3v) is 3.02. The number of hydrogen-bond donors (Lipinski definition) is 1. The fourth-order valence-corrected chi connectivity index (χ4v) is 1.95. The van der Waals surface area contributed by atoms with Crippen LogP contribution in [0.15, 0.2) is 24.3 Å². The number of nitrogens with one attached hydrogen (secondary N) is 1. The van der Waals surface area contributed by atoms with Crippen LogP contribution in [0.2, 0.25) is 0 Å². The molecule has 1 N–H and O–H groups in total. The van der Waals surface area contributed by atoms with Crippen molar-refractivity contribution in [3.63, 3.8) is 0 Å². The van der Waals surface area contributed by atoms with Crippen molar-refractivity contribution in [2.24, 2.45) is 5.92 Å². The summed E-state index contributed by atoms with van der Waals surface area (Å²) >= 11 is 0. The predicted molar refractivity (Wildman–Crippen MR) is 61.1 cm³/mol. The van der Waals surface area contributed by atoms with Gasteiger partial charge in [-0.3, -0.25) is 4.79 Å². The fourth-order valence-electron chi connectivity index (χ4n) is 1.95. The van der Waals surface area contributed by atoms with E-state index < -0.39 is 0 Å². The van der Waals surface area contributed by atoms with Crippen molar-refractivity contribution in [1.82, 2.24) is 5.32 Å². The van der Waals surface area contributed by atoms with Gasteiger partial charge in [0.15, 0.2) is 0 Å². The Bertz CT molecular complexity index is 419. The first-order chi connectivity index (χ1) is 8.10. The smallest absolute Gasteiger partial charge is 0.355 e. The van der Waals surface area contributed by atoms with E-state index in [2.05, 4.69) is 36.5 Å². The first-order valence-electron chi connectivity index (χ1n) is 5.43. The zero-order valence-electron chi connectivity index (χ0n) is 9.90. The molecule has 17 heavy (non-hydrogen) atoms.